The van der Waals surface area contributed by atoms with Gasteiger partial charge in [0.25, 0.3) is 0 Å². The van der Waals surface area contributed by atoms with Crippen LogP contribution in [-0.2, 0) is 11.2 Å². The second kappa shape index (κ2) is 4.44. The molecule has 1 N–H and O–H groups in total. The number of carbonyl (C=O) groups is 1. The van der Waals surface area contributed by atoms with Crippen LogP contribution in [0.4, 0.5) is 5.69 Å². The molecule has 1 amide bonds. The fourth-order valence-corrected chi connectivity index (χ4v) is 3.65. The largest absolute Gasteiger partial charge is 0.325 e. The standard InChI is InChI=1S/C19H17N3O/c1-11-7-15(8-14-10-17(23)21-18(11)14)22-16(12-4-5-12)9-13-3-2-6-20-19(13)22/h2-3,6-9,12H,4-5,10H2,1H3,(H,21,23). The molecule has 1 aliphatic carbocycles. The number of carbonyl (C=O) groups excluding carboxylic acids is 1. The molecule has 1 aliphatic heterocycles. The lowest BCUT2D eigenvalue weighted by molar-refractivity contribution is -0.115. The van der Waals surface area contributed by atoms with Crippen molar-refractivity contribution in [3.63, 3.8) is 0 Å². The van der Waals surface area contributed by atoms with E-state index in [1.165, 1.54) is 23.9 Å². The van der Waals surface area contributed by atoms with Gasteiger partial charge in [0.2, 0.25) is 5.91 Å². The summed E-state index contributed by atoms with van der Waals surface area (Å²) in [6.07, 6.45) is 4.82. The highest BCUT2D eigenvalue weighted by atomic mass is 16.1. The predicted octanol–water partition coefficient (Wildman–Crippen LogP) is 3.71. The molecule has 0 spiro atoms. The van der Waals surface area contributed by atoms with Crippen molar-refractivity contribution in [1.29, 1.82) is 0 Å². The SMILES string of the molecule is Cc1cc(-n2c(C3CC3)cc3cccnc32)cc2c1NC(=O)C2. The molecule has 4 nitrogen and oxygen atoms in total. The van der Waals surface area contributed by atoms with Crippen molar-refractivity contribution < 1.29 is 4.79 Å². The molecule has 2 aliphatic rings. The molecule has 2 aromatic heterocycles. The minimum absolute atomic E-state index is 0.0816. The lowest BCUT2D eigenvalue weighted by Crippen LogP contribution is -2.04. The second-order valence-corrected chi connectivity index (χ2v) is 6.62. The molecule has 1 aromatic carbocycles. The van der Waals surface area contributed by atoms with Crippen LogP contribution in [0.5, 0.6) is 0 Å². The first kappa shape index (κ1) is 12.9. The first-order valence-electron chi connectivity index (χ1n) is 8.11. The zero-order valence-corrected chi connectivity index (χ0v) is 13.0. The van der Waals surface area contributed by atoms with Crippen LogP contribution in [0.15, 0.2) is 36.5 Å². The molecule has 5 rings (SSSR count). The van der Waals surface area contributed by atoms with Gasteiger partial charge in [0.15, 0.2) is 0 Å². The van der Waals surface area contributed by atoms with Gasteiger partial charge >= 0.3 is 0 Å². The number of amides is 1. The Morgan fingerprint density at radius 2 is 2.13 bits per heavy atom. The maximum atomic E-state index is 11.7. The van der Waals surface area contributed by atoms with E-state index in [9.17, 15) is 4.79 Å². The summed E-state index contributed by atoms with van der Waals surface area (Å²) in [6.45, 7) is 2.06. The first-order chi connectivity index (χ1) is 11.2. The Morgan fingerprint density at radius 3 is 2.96 bits per heavy atom. The van der Waals surface area contributed by atoms with Crippen LogP contribution in [-0.4, -0.2) is 15.5 Å². The number of benzene rings is 1. The Kier molecular flexibility index (Phi) is 2.49. The molecule has 3 heterocycles. The maximum absolute atomic E-state index is 11.7. The summed E-state index contributed by atoms with van der Waals surface area (Å²) in [5.74, 6) is 0.718. The molecule has 3 aromatic rings. The minimum atomic E-state index is 0.0816. The van der Waals surface area contributed by atoms with E-state index in [0.29, 0.717) is 12.3 Å². The van der Waals surface area contributed by atoms with Gasteiger partial charge in [-0.1, -0.05) is 0 Å². The van der Waals surface area contributed by atoms with Crippen molar-refractivity contribution in [1.82, 2.24) is 9.55 Å². The van der Waals surface area contributed by atoms with Crippen LogP contribution in [0.1, 0.15) is 35.6 Å². The molecule has 4 heteroatoms. The summed E-state index contributed by atoms with van der Waals surface area (Å²) in [7, 11) is 0. The first-order valence-corrected chi connectivity index (χ1v) is 8.11. The molecule has 1 fully saturated rings. The van der Waals surface area contributed by atoms with Gasteiger partial charge in [-0.2, -0.15) is 0 Å². The number of hydrogen-bond donors (Lipinski definition) is 1. The lowest BCUT2D eigenvalue weighted by atomic mass is 10.1. The van der Waals surface area contributed by atoms with Crippen molar-refractivity contribution in [2.24, 2.45) is 0 Å². The molecule has 0 bridgehead atoms. The van der Waals surface area contributed by atoms with Gasteiger partial charge < -0.3 is 5.32 Å². The Hall–Kier alpha value is -2.62. The highest BCUT2D eigenvalue weighted by molar-refractivity contribution is 6.00. The van der Waals surface area contributed by atoms with Crippen LogP contribution in [0.2, 0.25) is 0 Å². The van der Waals surface area contributed by atoms with E-state index in [4.69, 9.17) is 0 Å². The minimum Gasteiger partial charge on any atom is -0.325 e. The molecular formula is C19H17N3O. The Morgan fingerprint density at radius 1 is 1.26 bits per heavy atom. The van der Waals surface area contributed by atoms with Gasteiger partial charge in [-0.15, -0.1) is 0 Å². The molecular weight excluding hydrogens is 286 g/mol. The van der Waals surface area contributed by atoms with E-state index in [0.717, 1.165) is 28.1 Å². The number of hydrogen-bond acceptors (Lipinski definition) is 2. The fourth-order valence-electron chi connectivity index (χ4n) is 3.65. The van der Waals surface area contributed by atoms with Crippen LogP contribution in [0.3, 0.4) is 0 Å². The third-order valence-electron chi connectivity index (χ3n) is 4.86. The van der Waals surface area contributed by atoms with Crippen LogP contribution >= 0.6 is 0 Å². The zero-order chi connectivity index (χ0) is 15.6. The van der Waals surface area contributed by atoms with E-state index in [-0.39, 0.29) is 5.91 Å². The molecule has 0 unspecified atom stereocenters. The monoisotopic (exact) mass is 303 g/mol. The van der Waals surface area contributed by atoms with Crippen LogP contribution < -0.4 is 5.32 Å². The summed E-state index contributed by atoms with van der Waals surface area (Å²) < 4.78 is 2.28. The van der Waals surface area contributed by atoms with Gasteiger partial charge in [-0.3, -0.25) is 9.36 Å². The lowest BCUT2D eigenvalue weighted by Gasteiger charge is -2.13. The summed E-state index contributed by atoms with van der Waals surface area (Å²) in [4.78, 5) is 16.3. The molecule has 0 radical (unpaired) electrons. The number of pyridine rings is 1. The topological polar surface area (TPSA) is 46.9 Å². The number of nitrogens with one attached hydrogen (secondary N) is 1. The summed E-state index contributed by atoms with van der Waals surface area (Å²) in [5.41, 5.74) is 6.65. The van der Waals surface area contributed by atoms with Crippen molar-refractivity contribution in [3.8, 4) is 5.69 Å². The van der Waals surface area contributed by atoms with E-state index < -0.39 is 0 Å². The third kappa shape index (κ3) is 1.91. The normalized spacial score (nSPS) is 16.7. The summed E-state index contributed by atoms with van der Waals surface area (Å²) in [5, 5.41) is 4.14. The van der Waals surface area contributed by atoms with Gasteiger partial charge in [-0.25, -0.2) is 4.98 Å². The molecule has 23 heavy (non-hydrogen) atoms. The number of rotatable bonds is 2. The van der Waals surface area contributed by atoms with Crippen LogP contribution in [0, 0.1) is 6.92 Å². The second-order valence-electron chi connectivity index (χ2n) is 6.62. The van der Waals surface area contributed by atoms with E-state index >= 15 is 0 Å². The smallest absolute Gasteiger partial charge is 0.228 e. The molecule has 0 atom stereocenters. The zero-order valence-electron chi connectivity index (χ0n) is 13.0. The fraction of sp³-hybridized carbons (Fsp3) is 0.263. The summed E-state index contributed by atoms with van der Waals surface area (Å²) >= 11 is 0. The van der Waals surface area contributed by atoms with Crippen molar-refractivity contribution >= 4 is 22.6 Å². The number of aryl methyl sites for hydroxylation is 1. The van der Waals surface area contributed by atoms with Crippen molar-refractivity contribution in [2.45, 2.75) is 32.1 Å². The molecule has 1 saturated carbocycles. The van der Waals surface area contributed by atoms with Gasteiger partial charge in [0.1, 0.15) is 5.65 Å². The van der Waals surface area contributed by atoms with Gasteiger partial charge in [0, 0.05) is 28.7 Å². The maximum Gasteiger partial charge on any atom is 0.228 e. The Bertz CT molecular complexity index is 966. The van der Waals surface area contributed by atoms with E-state index in [1.807, 2.05) is 12.3 Å². The Labute approximate surface area is 134 Å². The Balaban J connectivity index is 1.78. The predicted molar refractivity (Wildman–Crippen MR) is 90.1 cm³/mol. The molecule has 0 saturated heterocycles. The number of fused-ring (bicyclic) bond motifs is 2. The van der Waals surface area contributed by atoms with Gasteiger partial charge in [-0.05, 0) is 67.1 Å². The van der Waals surface area contributed by atoms with Crippen LogP contribution in [0.25, 0.3) is 16.7 Å². The quantitative estimate of drug-likeness (QED) is 0.784. The highest BCUT2D eigenvalue weighted by Crippen LogP contribution is 2.43. The van der Waals surface area contributed by atoms with Crippen molar-refractivity contribution in [3.05, 3.63) is 53.3 Å². The number of anilines is 1. The average molecular weight is 303 g/mol. The van der Waals surface area contributed by atoms with E-state index in [2.05, 4.69) is 46.1 Å². The highest BCUT2D eigenvalue weighted by Gasteiger charge is 2.29. The van der Waals surface area contributed by atoms with Gasteiger partial charge in [0.05, 0.1) is 6.42 Å². The molecule has 114 valence electrons. The summed E-state index contributed by atoms with van der Waals surface area (Å²) in [6, 6.07) is 10.7. The average Bonchev–Trinajstić information content (AvgIpc) is 3.20. The third-order valence-corrected chi connectivity index (χ3v) is 4.86. The van der Waals surface area contributed by atoms with E-state index in [1.54, 1.807) is 0 Å². The number of nitrogens with zero attached hydrogens (tertiary/aromatic N) is 2. The number of aromatic nitrogens is 2. The van der Waals surface area contributed by atoms with Crippen molar-refractivity contribution in [2.75, 3.05) is 5.32 Å².